The molecule has 7 heteroatoms. The maximum Gasteiger partial charge on any atom is 0.227 e. The van der Waals surface area contributed by atoms with Crippen molar-refractivity contribution in [2.45, 2.75) is 58.6 Å². The van der Waals surface area contributed by atoms with Crippen molar-refractivity contribution in [3.05, 3.63) is 64.8 Å². The van der Waals surface area contributed by atoms with Crippen molar-refractivity contribution in [2.24, 2.45) is 5.92 Å². The molecule has 0 aliphatic heterocycles. The smallest absolute Gasteiger partial charge is 0.227 e. The topological polar surface area (TPSA) is 59.8 Å². The molecule has 188 valence electrons. The number of hydrogen-bond acceptors (Lipinski definition) is 5. The quantitative estimate of drug-likeness (QED) is 0.296. The molecule has 0 radical (unpaired) electrons. The zero-order valence-corrected chi connectivity index (χ0v) is 21.7. The highest BCUT2D eigenvalue weighted by Gasteiger charge is 2.28. The average molecular weight is 498 g/mol. The van der Waals surface area contributed by atoms with Gasteiger partial charge >= 0.3 is 0 Å². The molecule has 1 atom stereocenters. The van der Waals surface area contributed by atoms with Crippen molar-refractivity contribution in [1.82, 2.24) is 14.7 Å². The summed E-state index contributed by atoms with van der Waals surface area (Å²) in [4.78, 5) is 2.37. The molecule has 1 saturated carbocycles. The first-order chi connectivity index (χ1) is 17.0. The molecule has 1 aliphatic rings. The number of aromatic nitrogens is 2. The molecule has 0 saturated heterocycles. The van der Waals surface area contributed by atoms with Crippen LogP contribution in [0.1, 0.15) is 50.3 Å². The van der Waals surface area contributed by atoms with Gasteiger partial charge in [-0.25, -0.2) is 4.68 Å². The summed E-state index contributed by atoms with van der Waals surface area (Å²) in [5, 5.41) is 16.2. The molecular formula is C28H36ClN3O3. The van der Waals surface area contributed by atoms with E-state index in [1.165, 1.54) is 12.8 Å². The lowest BCUT2D eigenvalue weighted by molar-refractivity contribution is 0.0965. The second-order valence-corrected chi connectivity index (χ2v) is 9.91. The van der Waals surface area contributed by atoms with Crippen molar-refractivity contribution >= 4 is 11.6 Å². The Kier molecular flexibility index (Phi) is 8.71. The van der Waals surface area contributed by atoms with Crippen molar-refractivity contribution in [2.75, 3.05) is 20.2 Å². The van der Waals surface area contributed by atoms with Crippen LogP contribution < -0.4 is 9.47 Å². The van der Waals surface area contributed by atoms with E-state index in [1.54, 1.807) is 7.11 Å². The van der Waals surface area contributed by atoms with Crippen LogP contribution in [0, 0.1) is 12.8 Å². The molecule has 35 heavy (non-hydrogen) atoms. The predicted octanol–water partition coefficient (Wildman–Crippen LogP) is 6.40. The van der Waals surface area contributed by atoms with Gasteiger partial charge in [0.25, 0.3) is 0 Å². The largest absolute Gasteiger partial charge is 0.497 e. The summed E-state index contributed by atoms with van der Waals surface area (Å²) >= 11 is 6.30. The summed E-state index contributed by atoms with van der Waals surface area (Å²) in [6.45, 7) is 6.47. The summed E-state index contributed by atoms with van der Waals surface area (Å²) in [5.74, 6) is 2.85. The summed E-state index contributed by atoms with van der Waals surface area (Å²) < 4.78 is 13.6. The summed E-state index contributed by atoms with van der Waals surface area (Å²) in [5.41, 5.74) is 2.76. The van der Waals surface area contributed by atoms with Crippen LogP contribution in [0.25, 0.3) is 5.69 Å². The molecule has 1 fully saturated rings. The van der Waals surface area contributed by atoms with Crippen molar-refractivity contribution in [3.63, 3.8) is 0 Å². The Bertz CT molecular complexity index is 1100. The summed E-state index contributed by atoms with van der Waals surface area (Å²) in [7, 11) is 1.65. The molecule has 1 N–H and O–H groups in total. The Balaban J connectivity index is 1.66. The summed E-state index contributed by atoms with van der Waals surface area (Å²) in [6.07, 6.45) is 5.15. The molecule has 1 heterocycles. The molecule has 3 aromatic rings. The first-order valence-electron chi connectivity index (χ1n) is 12.5. The van der Waals surface area contributed by atoms with Crippen LogP contribution in [0.5, 0.6) is 17.4 Å². The van der Waals surface area contributed by atoms with Gasteiger partial charge in [0, 0.05) is 24.7 Å². The van der Waals surface area contributed by atoms with Crippen LogP contribution in [-0.2, 0) is 6.54 Å². The van der Waals surface area contributed by atoms with Gasteiger partial charge in [-0.2, -0.15) is 5.10 Å². The van der Waals surface area contributed by atoms with E-state index in [1.807, 2.05) is 60.1 Å². The molecule has 0 amide bonds. The fourth-order valence-electron chi connectivity index (χ4n) is 4.29. The van der Waals surface area contributed by atoms with Gasteiger partial charge in [-0.05, 0) is 74.6 Å². The average Bonchev–Trinajstić information content (AvgIpc) is 3.62. The van der Waals surface area contributed by atoms with E-state index in [-0.39, 0.29) is 6.10 Å². The van der Waals surface area contributed by atoms with Crippen molar-refractivity contribution in [3.8, 4) is 23.1 Å². The predicted molar refractivity (Wildman–Crippen MR) is 140 cm³/mol. The Morgan fingerprint density at radius 3 is 2.57 bits per heavy atom. The number of benzene rings is 2. The number of aryl methyl sites for hydroxylation is 1. The van der Waals surface area contributed by atoms with E-state index in [2.05, 4.69) is 11.8 Å². The number of aliphatic hydroxyl groups is 1. The van der Waals surface area contributed by atoms with Gasteiger partial charge in [0.1, 0.15) is 11.5 Å². The van der Waals surface area contributed by atoms with E-state index in [9.17, 15) is 5.11 Å². The molecule has 0 unspecified atom stereocenters. The van der Waals surface area contributed by atoms with E-state index in [4.69, 9.17) is 26.2 Å². The Morgan fingerprint density at radius 2 is 1.91 bits per heavy atom. The number of hydrogen-bond donors (Lipinski definition) is 1. The monoisotopic (exact) mass is 497 g/mol. The first kappa shape index (κ1) is 25.5. The number of ether oxygens (including phenoxy) is 2. The molecule has 1 aliphatic carbocycles. The third-order valence-corrected chi connectivity index (χ3v) is 6.65. The lowest BCUT2D eigenvalue weighted by Crippen LogP contribution is -2.34. The third kappa shape index (κ3) is 7.00. The minimum atomic E-state index is -0.331. The van der Waals surface area contributed by atoms with Gasteiger partial charge in [0.05, 0.1) is 30.2 Å². The molecule has 0 bridgehead atoms. The Morgan fingerprint density at radius 1 is 1.17 bits per heavy atom. The van der Waals surface area contributed by atoms with E-state index >= 15 is 0 Å². The van der Waals surface area contributed by atoms with E-state index < -0.39 is 0 Å². The highest BCUT2D eigenvalue weighted by atomic mass is 35.5. The van der Waals surface area contributed by atoms with Gasteiger partial charge in [0.2, 0.25) is 5.88 Å². The van der Waals surface area contributed by atoms with E-state index in [0.29, 0.717) is 35.7 Å². The minimum Gasteiger partial charge on any atom is -0.497 e. The third-order valence-electron chi connectivity index (χ3n) is 6.42. The Labute approximate surface area is 213 Å². The van der Waals surface area contributed by atoms with Crippen LogP contribution in [0.4, 0.5) is 0 Å². The molecule has 1 aromatic heterocycles. The zero-order chi connectivity index (χ0) is 24.8. The number of halogens is 1. The standard InChI is InChI=1S/C28H36ClN3O3/c1-4-5-9-24(33)18-31(17-21-10-11-21)19-27-20(2)30-32(23-8-6-7-22(29)16-23)28(27)35-26-14-12-25(34-3)13-15-26/h6-8,12-16,21,24,33H,4-5,9-11,17-19H2,1-3H3/t24-/m1/s1. The zero-order valence-electron chi connectivity index (χ0n) is 20.9. The fourth-order valence-corrected chi connectivity index (χ4v) is 4.47. The lowest BCUT2D eigenvalue weighted by atomic mass is 10.1. The maximum absolute atomic E-state index is 10.7. The van der Waals surface area contributed by atoms with Crippen LogP contribution >= 0.6 is 11.6 Å². The number of nitrogens with zero attached hydrogens (tertiary/aromatic N) is 3. The highest BCUT2D eigenvalue weighted by molar-refractivity contribution is 6.30. The SMILES string of the molecule is CCCC[C@@H](O)CN(Cc1c(C)nn(-c2cccc(Cl)c2)c1Oc1ccc(OC)cc1)CC1CC1. The number of rotatable bonds is 13. The number of unbranched alkanes of at least 4 members (excludes halogenated alkanes) is 1. The van der Waals surface area contributed by atoms with Crippen molar-refractivity contribution < 1.29 is 14.6 Å². The first-order valence-corrected chi connectivity index (χ1v) is 12.9. The number of methoxy groups -OCH3 is 1. The summed E-state index contributed by atoms with van der Waals surface area (Å²) in [6, 6.07) is 15.2. The van der Waals surface area contributed by atoms with Gasteiger partial charge in [-0.15, -0.1) is 0 Å². The van der Waals surface area contributed by atoms with E-state index in [0.717, 1.165) is 48.5 Å². The lowest BCUT2D eigenvalue weighted by Gasteiger charge is -2.25. The Hall–Kier alpha value is -2.54. The minimum absolute atomic E-state index is 0.331. The molecule has 4 rings (SSSR count). The van der Waals surface area contributed by atoms with Crippen molar-refractivity contribution in [1.29, 1.82) is 0 Å². The van der Waals surface area contributed by atoms with Gasteiger partial charge in [0.15, 0.2) is 0 Å². The molecule has 2 aromatic carbocycles. The van der Waals surface area contributed by atoms with Crippen LogP contribution in [0.2, 0.25) is 5.02 Å². The second kappa shape index (κ2) is 11.9. The fraction of sp³-hybridized carbons (Fsp3) is 0.464. The van der Waals surface area contributed by atoms with Gasteiger partial charge < -0.3 is 14.6 Å². The maximum atomic E-state index is 10.7. The molecular weight excluding hydrogens is 462 g/mol. The van der Waals surface area contributed by atoms with Crippen LogP contribution in [0.15, 0.2) is 48.5 Å². The number of aliphatic hydroxyl groups excluding tert-OH is 1. The van der Waals surface area contributed by atoms with Crippen LogP contribution in [0.3, 0.4) is 0 Å². The molecule has 0 spiro atoms. The normalized spacial score (nSPS) is 14.3. The highest BCUT2D eigenvalue weighted by Crippen LogP contribution is 2.35. The molecule has 6 nitrogen and oxygen atoms in total. The van der Waals surface area contributed by atoms with Gasteiger partial charge in [-0.3, -0.25) is 4.90 Å². The van der Waals surface area contributed by atoms with Crippen LogP contribution in [-0.4, -0.2) is 46.1 Å². The second-order valence-electron chi connectivity index (χ2n) is 9.47. The van der Waals surface area contributed by atoms with Gasteiger partial charge in [-0.1, -0.05) is 37.4 Å².